The van der Waals surface area contributed by atoms with Gasteiger partial charge in [0.05, 0.1) is 0 Å². The Hall–Kier alpha value is -0.860. The van der Waals surface area contributed by atoms with Gasteiger partial charge in [-0.05, 0) is 26.7 Å². The average molecular weight is 169 g/mol. The summed E-state index contributed by atoms with van der Waals surface area (Å²) < 4.78 is 0. The van der Waals surface area contributed by atoms with E-state index in [0.717, 1.165) is 12.8 Å². The third-order valence-corrected chi connectivity index (χ3v) is 2.48. The highest BCUT2D eigenvalue weighted by Gasteiger charge is 2.38. The van der Waals surface area contributed by atoms with Gasteiger partial charge in [-0.25, -0.2) is 0 Å². The molecule has 1 aliphatic carbocycles. The van der Waals surface area contributed by atoms with Crippen LogP contribution in [0.15, 0.2) is 0 Å². The minimum absolute atomic E-state index is 0.00319. The van der Waals surface area contributed by atoms with Crippen molar-refractivity contribution in [3.8, 4) is 0 Å². The highest BCUT2D eigenvalue weighted by Crippen LogP contribution is 2.34. The summed E-state index contributed by atoms with van der Waals surface area (Å²) in [6.45, 7) is 4.11. The van der Waals surface area contributed by atoms with Crippen molar-refractivity contribution in [1.29, 1.82) is 0 Å². The van der Waals surface area contributed by atoms with Crippen molar-refractivity contribution >= 4 is 11.7 Å². The summed E-state index contributed by atoms with van der Waals surface area (Å²) in [6, 6.07) is 0. The van der Waals surface area contributed by atoms with Gasteiger partial charge in [0.1, 0.15) is 5.78 Å². The van der Waals surface area contributed by atoms with Crippen molar-refractivity contribution in [2.24, 2.45) is 11.8 Å². The smallest absolute Gasteiger partial charge is 0.223 e. The molecule has 12 heavy (non-hydrogen) atoms. The number of Topliss-reactive ketones (excluding diaryl/α,β-unsaturated/α-hetero) is 1. The van der Waals surface area contributed by atoms with E-state index in [-0.39, 0.29) is 23.5 Å². The van der Waals surface area contributed by atoms with E-state index in [4.69, 9.17) is 0 Å². The van der Waals surface area contributed by atoms with Gasteiger partial charge in [-0.3, -0.25) is 9.59 Å². The SMILES string of the molecule is CCNC(=O)[C@@H]1CC[C@H]1C(C)=O. The van der Waals surface area contributed by atoms with Gasteiger partial charge in [-0.15, -0.1) is 0 Å². The fourth-order valence-corrected chi connectivity index (χ4v) is 1.61. The van der Waals surface area contributed by atoms with Crippen LogP contribution in [0, 0.1) is 11.8 Å². The minimum atomic E-state index is -0.0394. The van der Waals surface area contributed by atoms with Gasteiger partial charge in [0.25, 0.3) is 0 Å². The summed E-state index contributed by atoms with van der Waals surface area (Å²) in [5.74, 6) is 0.153. The zero-order valence-electron chi connectivity index (χ0n) is 7.59. The molecule has 0 aromatic rings. The van der Waals surface area contributed by atoms with E-state index < -0.39 is 0 Å². The molecule has 3 nitrogen and oxygen atoms in total. The van der Waals surface area contributed by atoms with E-state index in [1.165, 1.54) is 0 Å². The standard InChI is InChI=1S/C9H15NO2/c1-3-10-9(12)8-5-4-7(8)6(2)11/h7-8H,3-5H2,1-2H3,(H,10,12)/t7-,8+/m0/s1. The largest absolute Gasteiger partial charge is 0.356 e. The summed E-state index contributed by atoms with van der Waals surface area (Å²) in [4.78, 5) is 22.2. The maximum absolute atomic E-state index is 11.3. The predicted molar refractivity (Wildman–Crippen MR) is 45.6 cm³/mol. The maximum Gasteiger partial charge on any atom is 0.223 e. The molecular weight excluding hydrogens is 154 g/mol. The van der Waals surface area contributed by atoms with Crippen LogP contribution in [0.25, 0.3) is 0 Å². The van der Waals surface area contributed by atoms with Gasteiger partial charge >= 0.3 is 0 Å². The van der Waals surface area contributed by atoms with Gasteiger partial charge < -0.3 is 5.32 Å². The van der Waals surface area contributed by atoms with Crippen molar-refractivity contribution < 1.29 is 9.59 Å². The van der Waals surface area contributed by atoms with Crippen molar-refractivity contribution in [1.82, 2.24) is 5.32 Å². The van der Waals surface area contributed by atoms with Crippen molar-refractivity contribution in [3.63, 3.8) is 0 Å². The number of rotatable bonds is 3. The van der Waals surface area contributed by atoms with Crippen LogP contribution in [-0.4, -0.2) is 18.2 Å². The lowest BCUT2D eigenvalue weighted by molar-refractivity contribution is -0.138. The summed E-state index contributed by atoms with van der Waals surface area (Å²) in [7, 11) is 0. The van der Waals surface area contributed by atoms with Gasteiger partial charge in [0.15, 0.2) is 0 Å². The molecule has 1 fully saturated rings. The molecule has 3 heteroatoms. The van der Waals surface area contributed by atoms with E-state index in [9.17, 15) is 9.59 Å². The molecule has 68 valence electrons. The first-order valence-corrected chi connectivity index (χ1v) is 4.45. The van der Waals surface area contributed by atoms with Crippen molar-refractivity contribution in [2.45, 2.75) is 26.7 Å². The molecule has 0 saturated heterocycles. The second kappa shape index (κ2) is 3.70. The molecule has 0 aromatic heterocycles. The first kappa shape index (κ1) is 9.23. The molecule has 1 amide bonds. The molecular formula is C9H15NO2. The quantitative estimate of drug-likeness (QED) is 0.677. The summed E-state index contributed by atoms with van der Waals surface area (Å²) in [6.07, 6.45) is 1.76. The van der Waals surface area contributed by atoms with Crippen LogP contribution in [0.5, 0.6) is 0 Å². The fourth-order valence-electron chi connectivity index (χ4n) is 1.61. The second-order valence-electron chi connectivity index (χ2n) is 3.30. The summed E-state index contributed by atoms with van der Waals surface area (Å²) >= 11 is 0. The Morgan fingerprint density at radius 1 is 1.33 bits per heavy atom. The number of carbonyl (C=O) groups is 2. The number of amides is 1. The fraction of sp³-hybridized carbons (Fsp3) is 0.778. The molecule has 0 aromatic carbocycles. The van der Waals surface area contributed by atoms with E-state index in [0.29, 0.717) is 6.54 Å². The lowest BCUT2D eigenvalue weighted by Gasteiger charge is -2.33. The Morgan fingerprint density at radius 2 is 1.92 bits per heavy atom. The Kier molecular flexibility index (Phi) is 2.84. The molecule has 0 heterocycles. The number of ketones is 1. The minimum Gasteiger partial charge on any atom is -0.356 e. The molecule has 0 radical (unpaired) electrons. The Balaban J connectivity index is 2.43. The van der Waals surface area contributed by atoms with Gasteiger partial charge in [-0.1, -0.05) is 0 Å². The number of nitrogens with one attached hydrogen (secondary N) is 1. The first-order valence-electron chi connectivity index (χ1n) is 4.45. The summed E-state index contributed by atoms with van der Waals surface area (Å²) in [5, 5.41) is 2.74. The van der Waals surface area contributed by atoms with E-state index >= 15 is 0 Å². The molecule has 0 aliphatic heterocycles. The van der Waals surface area contributed by atoms with E-state index in [2.05, 4.69) is 5.32 Å². The third-order valence-electron chi connectivity index (χ3n) is 2.48. The number of carbonyl (C=O) groups excluding carboxylic acids is 2. The maximum atomic E-state index is 11.3. The topological polar surface area (TPSA) is 46.2 Å². The van der Waals surface area contributed by atoms with Crippen LogP contribution < -0.4 is 5.32 Å². The Morgan fingerprint density at radius 3 is 2.25 bits per heavy atom. The molecule has 1 saturated carbocycles. The zero-order valence-corrected chi connectivity index (χ0v) is 7.59. The van der Waals surface area contributed by atoms with Crippen LogP contribution >= 0.6 is 0 Å². The third kappa shape index (κ3) is 1.65. The number of hydrogen-bond acceptors (Lipinski definition) is 2. The van der Waals surface area contributed by atoms with E-state index in [1.54, 1.807) is 6.92 Å². The highest BCUT2D eigenvalue weighted by molar-refractivity contribution is 5.89. The highest BCUT2D eigenvalue weighted by atomic mass is 16.2. The molecule has 1 aliphatic rings. The predicted octanol–water partition coefficient (Wildman–Crippen LogP) is 0.738. The molecule has 0 unspecified atom stereocenters. The van der Waals surface area contributed by atoms with E-state index in [1.807, 2.05) is 6.92 Å². The Bertz CT molecular complexity index is 201. The lowest BCUT2D eigenvalue weighted by atomic mass is 9.71. The van der Waals surface area contributed by atoms with Gasteiger partial charge in [-0.2, -0.15) is 0 Å². The van der Waals surface area contributed by atoms with Gasteiger partial charge in [0.2, 0.25) is 5.91 Å². The average Bonchev–Trinajstić information content (AvgIpc) is 1.82. The van der Waals surface area contributed by atoms with Crippen LogP contribution in [0.2, 0.25) is 0 Å². The van der Waals surface area contributed by atoms with Crippen molar-refractivity contribution in [2.75, 3.05) is 6.54 Å². The normalized spacial score (nSPS) is 27.5. The first-order chi connectivity index (χ1) is 5.66. The van der Waals surface area contributed by atoms with Crippen molar-refractivity contribution in [3.05, 3.63) is 0 Å². The van der Waals surface area contributed by atoms with Crippen LogP contribution in [0.1, 0.15) is 26.7 Å². The lowest BCUT2D eigenvalue weighted by Crippen LogP contribution is -2.43. The van der Waals surface area contributed by atoms with Crippen LogP contribution in [-0.2, 0) is 9.59 Å². The molecule has 1 rings (SSSR count). The van der Waals surface area contributed by atoms with Gasteiger partial charge in [0, 0.05) is 18.4 Å². The molecule has 0 bridgehead atoms. The Labute approximate surface area is 72.5 Å². The number of hydrogen-bond donors (Lipinski definition) is 1. The molecule has 2 atom stereocenters. The second-order valence-corrected chi connectivity index (χ2v) is 3.30. The van der Waals surface area contributed by atoms with Crippen LogP contribution in [0.3, 0.4) is 0 Å². The summed E-state index contributed by atoms with van der Waals surface area (Å²) in [5.41, 5.74) is 0. The monoisotopic (exact) mass is 169 g/mol. The molecule has 0 spiro atoms. The van der Waals surface area contributed by atoms with Crippen LogP contribution in [0.4, 0.5) is 0 Å². The zero-order chi connectivity index (χ0) is 9.14. The molecule has 1 N–H and O–H groups in total.